The first-order valence-corrected chi connectivity index (χ1v) is 13.0. The van der Waals surface area contributed by atoms with Crippen LogP contribution in [-0.4, -0.2) is 47.2 Å². The highest BCUT2D eigenvalue weighted by molar-refractivity contribution is 7.98. The second kappa shape index (κ2) is 8.61. The zero-order valence-corrected chi connectivity index (χ0v) is 19.8. The van der Waals surface area contributed by atoms with Crippen LogP contribution in [0.15, 0.2) is 48.5 Å². The van der Waals surface area contributed by atoms with Crippen LogP contribution in [0.1, 0.15) is 30.0 Å². The van der Waals surface area contributed by atoms with E-state index in [1.54, 1.807) is 11.8 Å². The lowest BCUT2D eigenvalue weighted by molar-refractivity contribution is -0.142. The Balaban J connectivity index is 1.53. The first-order valence-electron chi connectivity index (χ1n) is 11.6. The summed E-state index contributed by atoms with van der Waals surface area (Å²) >= 11 is 1.71. The maximum atomic E-state index is 13.8. The number of fused-ring (bicyclic) bond motifs is 4. The van der Waals surface area contributed by atoms with Gasteiger partial charge in [-0.25, -0.2) is 0 Å². The second-order valence-electron chi connectivity index (χ2n) is 9.10. The average molecular weight is 464 g/mol. The molecule has 0 bridgehead atoms. The Kier molecular flexibility index (Phi) is 5.79. The van der Waals surface area contributed by atoms with Gasteiger partial charge >= 0.3 is 0 Å². The van der Waals surface area contributed by atoms with Crippen LogP contribution in [0.5, 0.6) is 0 Å². The van der Waals surface area contributed by atoms with Gasteiger partial charge in [-0.2, -0.15) is 11.8 Å². The van der Waals surface area contributed by atoms with Gasteiger partial charge in [-0.15, -0.1) is 0 Å². The molecule has 0 aromatic heterocycles. The summed E-state index contributed by atoms with van der Waals surface area (Å²) < 4.78 is 0. The average Bonchev–Trinajstić information content (AvgIpc) is 3.41. The van der Waals surface area contributed by atoms with Crippen molar-refractivity contribution in [2.75, 3.05) is 23.9 Å². The lowest BCUT2D eigenvalue weighted by Gasteiger charge is -2.29. The van der Waals surface area contributed by atoms with Gasteiger partial charge in [-0.3, -0.25) is 24.6 Å². The fourth-order valence-electron chi connectivity index (χ4n) is 5.73. The number of imide groups is 1. The van der Waals surface area contributed by atoms with Gasteiger partial charge in [0.25, 0.3) is 0 Å². The monoisotopic (exact) mass is 463 g/mol. The van der Waals surface area contributed by atoms with E-state index in [4.69, 9.17) is 0 Å². The molecular formula is C26H29N3O3S. The predicted molar refractivity (Wildman–Crippen MR) is 130 cm³/mol. The van der Waals surface area contributed by atoms with Crippen molar-refractivity contribution in [3.05, 3.63) is 65.2 Å². The lowest BCUT2D eigenvalue weighted by Crippen LogP contribution is -2.53. The van der Waals surface area contributed by atoms with E-state index in [0.717, 1.165) is 41.0 Å². The molecule has 3 heterocycles. The molecule has 0 unspecified atom stereocenters. The summed E-state index contributed by atoms with van der Waals surface area (Å²) in [5, 5.41) is 6.51. The molecule has 2 N–H and O–H groups in total. The third kappa shape index (κ3) is 3.40. The molecule has 3 aliphatic rings. The van der Waals surface area contributed by atoms with E-state index in [1.807, 2.05) is 54.8 Å². The van der Waals surface area contributed by atoms with Crippen molar-refractivity contribution in [2.45, 2.75) is 37.8 Å². The number of amides is 3. The van der Waals surface area contributed by atoms with E-state index in [9.17, 15) is 14.4 Å². The number of likely N-dealkylation sites (tertiary alicyclic amines) is 1. The van der Waals surface area contributed by atoms with Crippen LogP contribution >= 0.6 is 11.8 Å². The number of nitrogens with one attached hydrogen (secondary N) is 2. The number of hydrogen-bond acceptors (Lipinski definition) is 5. The maximum Gasteiger partial charge on any atom is 0.250 e. The number of anilines is 1. The van der Waals surface area contributed by atoms with Gasteiger partial charge in [0, 0.05) is 23.8 Å². The molecule has 3 aliphatic heterocycles. The minimum absolute atomic E-state index is 0.149. The highest BCUT2D eigenvalue weighted by Gasteiger charge is 2.70. The van der Waals surface area contributed by atoms with Gasteiger partial charge in [0.05, 0.1) is 11.8 Å². The van der Waals surface area contributed by atoms with Crippen molar-refractivity contribution in [2.24, 2.45) is 11.8 Å². The standard InChI is InChI=1S/C26H29N3O3S/c1-3-16-9-10-19-18(15-16)26(25(32)27-19)22-21(20(28-26)12-14-33-2)23(30)29(24(22)31)13-11-17-7-5-4-6-8-17/h4-10,15,20-22,28H,3,11-14H2,1-2H3,(H,27,32)/t20-,21+,22-,26-/m0/s1. The summed E-state index contributed by atoms with van der Waals surface area (Å²) in [4.78, 5) is 42.3. The van der Waals surface area contributed by atoms with Crippen LogP contribution in [0.25, 0.3) is 0 Å². The van der Waals surface area contributed by atoms with Crippen LogP contribution < -0.4 is 10.6 Å². The molecule has 3 amide bonds. The van der Waals surface area contributed by atoms with Crippen molar-refractivity contribution >= 4 is 35.2 Å². The fraction of sp³-hybridized carbons (Fsp3) is 0.423. The van der Waals surface area contributed by atoms with Crippen molar-refractivity contribution in [3.63, 3.8) is 0 Å². The van der Waals surface area contributed by atoms with Gasteiger partial charge in [0.15, 0.2) is 0 Å². The molecule has 5 rings (SSSR count). The van der Waals surface area contributed by atoms with Crippen LogP contribution in [0.4, 0.5) is 5.69 Å². The molecule has 7 heteroatoms. The molecule has 2 saturated heterocycles. The summed E-state index contributed by atoms with van der Waals surface area (Å²) in [6.07, 6.45) is 4.20. The quantitative estimate of drug-likeness (QED) is 0.618. The Morgan fingerprint density at radius 1 is 1.03 bits per heavy atom. The molecule has 0 saturated carbocycles. The van der Waals surface area contributed by atoms with Crippen molar-refractivity contribution in [1.82, 2.24) is 10.2 Å². The van der Waals surface area contributed by atoms with E-state index in [1.165, 1.54) is 4.90 Å². The molecule has 172 valence electrons. The van der Waals surface area contributed by atoms with Gasteiger partial charge < -0.3 is 5.32 Å². The van der Waals surface area contributed by atoms with E-state index in [2.05, 4.69) is 17.6 Å². The van der Waals surface area contributed by atoms with E-state index in [-0.39, 0.29) is 23.8 Å². The summed E-state index contributed by atoms with van der Waals surface area (Å²) in [5.41, 5.74) is 2.53. The number of nitrogens with zero attached hydrogens (tertiary/aromatic N) is 1. The van der Waals surface area contributed by atoms with E-state index >= 15 is 0 Å². The molecule has 0 aliphatic carbocycles. The fourth-order valence-corrected chi connectivity index (χ4v) is 6.22. The molecule has 2 fully saturated rings. The number of rotatable bonds is 7. The normalized spacial score (nSPS) is 27.9. The zero-order chi connectivity index (χ0) is 23.2. The Morgan fingerprint density at radius 2 is 1.82 bits per heavy atom. The first kappa shape index (κ1) is 22.2. The van der Waals surface area contributed by atoms with Gasteiger partial charge in [0.2, 0.25) is 17.7 Å². The van der Waals surface area contributed by atoms with E-state index in [0.29, 0.717) is 13.0 Å². The first-order chi connectivity index (χ1) is 16.0. The van der Waals surface area contributed by atoms with E-state index < -0.39 is 17.4 Å². The highest BCUT2D eigenvalue weighted by atomic mass is 32.2. The summed E-state index contributed by atoms with van der Waals surface area (Å²) in [6, 6.07) is 15.6. The third-order valence-corrected chi connectivity index (χ3v) is 8.02. The largest absolute Gasteiger partial charge is 0.324 e. The SMILES string of the molecule is CCc1ccc2c(c1)[C@@]1(N[C@@H](CCSC)[C@H]3C(=O)N(CCc4ccccc4)C(=O)[C@H]31)C(=O)N2. The number of carbonyl (C=O) groups is 3. The highest BCUT2D eigenvalue weighted by Crippen LogP contribution is 2.53. The minimum Gasteiger partial charge on any atom is -0.324 e. The summed E-state index contributed by atoms with van der Waals surface area (Å²) in [7, 11) is 0. The maximum absolute atomic E-state index is 13.8. The number of hydrogen-bond donors (Lipinski definition) is 2. The Morgan fingerprint density at radius 3 is 2.55 bits per heavy atom. The second-order valence-corrected chi connectivity index (χ2v) is 10.1. The van der Waals surface area contributed by atoms with Gasteiger partial charge in [-0.05, 0) is 48.5 Å². The molecule has 33 heavy (non-hydrogen) atoms. The van der Waals surface area contributed by atoms with Crippen molar-refractivity contribution in [3.8, 4) is 0 Å². The van der Waals surface area contributed by atoms with Gasteiger partial charge in [-0.1, -0.05) is 49.4 Å². The number of benzene rings is 2. The van der Waals surface area contributed by atoms with Crippen LogP contribution in [0.2, 0.25) is 0 Å². The number of carbonyl (C=O) groups excluding carboxylic acids is 3. The Bertz CT molecular complexity index is 1110. The summed E-state index contributed by atoms with van der Waals surface area (Å²) in [6.45, 7) is 2.41. The molecule has 0 radical (unpaired) electrons. The van der Waals surface area contributed by atoms with Gasteiger partial charge in [0.1, 0.15) is 5.54 Å². The zero-order valence-electron chi connectivity index (χ0n) is 19.0. The topological polar surface area (TPSA) is 78.5 Å². The molecular weight excluding hydrogens is 434 g/mol. The molecule has 2 aromatic rings. The predicted octanol–water partition coefficient (Wildman–Crippen LogP) is 2.97. The molecule has 2 aromatic carbocycles. The minimum atomic E-state index is -1.19. The number of thioether (sulfide) groups is 1. The van der Waals surface area contributed by atoms with Crippen LogP contribution in [-0.2, 0) is 32.8 Å². The van der Waals surface area contributed by atoms with Crippen molar-refractivity contribution in [1.29, 1.82) is 0 Å². The summed E-state index contributed by atoms with van der Waals surface area (Å²) in [5.74, 6) is -0.998. The van der Waals surface area contributed by atoms with Crippen molar-refractivity contribution < 1.29 is 14.4 Å². The molecule has 4 atom stereocenters. The van der Waals surface area contributed by atoms with Crippen LogP contribution in [0.3, 0.4) is 0 Å². The Labute approximate surface area is 198 Å². The number of aryl methyl sites for hydroxylation is 1. The Hall–Kier alpha value is -2.64. The van der Waals surface area contributed by atoms with Crippen LogP contribution in [0, 0.1) is 11.8 Å². The smallest absolute Gasteiger partial charge is 0.250 e. The molecule has 6 nitrogen and oxygen atoms in total. The molecule has 1 spiro atoms. The third-order valence-electron chi connectivity index (χ3n) is 7.38. The lowest BCUT2D eigenvalue weighted by atomic mass is 9.76.